The number of rotatable bonds is 3. The first-order valence-electron chi connectivity index (χ1n) is 4.38. The molecule has 0 saturated heterocycles. The van der Waals surface area contributed by atoms with Crippen molar-refractivity contribution in [2.24, 2.45) is 7.05 Å². The molecule has 2 N–H and O–H groups in total. The van der Waals surface area contributed by atoms with E-state index in [4.69, 9.17) is 10.5 Å². The van der Waals surface area contributed by atoms with Crippen LogP contribution in [0, 0.1) is 0 Å². The molecule has 0 bridgehead atoms. The van der Waals surface area contributed by atoms with E-state index in [1.807, 2.05) is 7.05 Å². The van der Waals surface area contributed by atoms with Crippen molar-refractivity contribution in [1.29, 1.82) is 0 Å². The molecule has 0 spiro atoms. The minimum Gasteiger partial charge on any atom is -0.479 e. The van der Waals surface area contributed by atoms with Crippen LogP contribution < -0.4 is 10.5 Å². The van der Waals surface area contributed by atoms with E-state index in [9.17, 15) is 0 Å². The maximum atomic E-state index is 5.83. The second-order valence-corrected chi connectivity index (χ2v) is 3.88. The highest BCUT2D eigenvalue weighted by Gasteiger charge is 2.12. The molecule has 0 saturated carbocycles. The number of nitrogens with zero attached hydrogens (tertiary/aromatic N) is 5. The predicted octanol–water partition coefficient (Wildman–Crippen LogP) is 0.347. The van der Waals surface area contributed by atoms with Crippen molar-refractivity contribution < 1.29 is 4.74 Å². The molecule has 16 heavy (non-hydrogen) atoms. The first kappa shape index (κ1) is 10.7. The summed E-state index contributed by atoms with van der Waals surface area (Å²) in [6, 6.07) is 0. The summed E-state index contributed by atoms with van der Waals surface area (Å²) in [6.45, 7) is 0. The Labute approximate surface area is 96.1 Å². The quantitative estimate of drug-likeness (QED) is 0.771. The lowest BCUT2D eigenvalue weighted by atomic mass is 10.5. The molecule has 0 aliphatic rings. The van der Waals surface area contributed by atoms with Gasteiger partial charge >= 0.3 is 0 Å². The summed E-state index contributed by atoms with van der Waals surface area (Å²) in [4.78, 5) is 7.96. The summed E-state index contributed by atoms with van der Waals surface area (Å²) >= 11 is 1.31. The number of nitrogens with two attached hydrogens (primary N) is 1. The molecule has 0 amide bonds. The van der Waals surface area contributed by atoms with Gasteiger partial charge in [0.1, 0.15) is 23.4 Å². The molecule has 0 aliphatic heterocycles. The molecule has 0 radical (unpaired) electrons. The van der Waals surface area contributed by atoms with Crippen molar-refractivity contribution in [1.82, 2.24) is 24.7 Å². The number of aryl methyl sites for hydroxylation is 1. The maximum absolute atomic E-state index is 5.83. The summed E-state index contributed by atoms with van der Waals surface area (Å²) in [5.74, 6) is 0.361. The van der Waals surface area contributed by atoms with Gasteiger partial charge in [0.15, 0.2) is 5.16 Å². The number of ether oxygens (including phenoxy) is 1. The smallest absolute Gasteiger partial charge is 0.241 e. The minimum absolute atomic E-state index is 0.361. The molecule has 2 heterocycles. The number of hydrogen-bond acceptors (Lipinski definition) is 7. The van der Waals surface area contributed by atoms with E-state index in [2.05, 4.69) is 20.2 Å². The van der Waals surface area contributed by atoms with Gasteiger partial charge in [0, 0.05) is 7.05 Å². The Kier molecular flexibility index (Phi) is 2.91. The molecule has 7 nitrogen and oxygen atoms in total. The Morgan fingerprint density at radius 2 is 2.25 bits per heavy atom. The molecule has 8 heteroatoms. The fourth-order valence-electron chi connectivity index (χ4n) is 1.06. The van der Waals surface area contributed by atoms with Crippen LogP contribution in [0.5, 0.6) is 5.88 Å². The molecule has 0 atom stereocenters. The number of nitrogen functional groups attached to an aromatic ring is 1. The van der Waals surface area contributed by atoms with Crippen LogP contribution in [0.3, 0.4) is 0 Å². The van der Waals surface area contributed by atoms with E-state index in [1.54, 1.807) is 10.9 Å². The van der Waals surface area contributed by atoms with Gasteiger partial charge in [-0.2, -0.15) is 4.98 Å². The first-order chi connectivity index (χ1) is 7.72. The Bertz CT molecular complexity index is 499. The highest BCUT2D eigenvalue weighted by Crippen LogP contribution is 2.32. The SMILES string of the molecule is COc1ncnc(Sc2nncn2C)c1N. The van der Waals surface area contributed by atoms with Gasteiger partial charge in [0.2, 0.25) is 5.88 Å². The third-order valence-electron chi connectivity index (χ3n) is 1.86. The molecule has 2 aromatic heterocycles. The van der Waals surface area contributed by atoms with Crippen LogP contribution >= 0.6 is 11.8 Å². The monoisotopic (exact) mass is 238 g/mol. The van der Waals surface area contributed by atoms with Crippen molar-refractivity contribution in [2.75, 3.05) is 12.8 Å². The van der Waals surface area contributed by atoms with Crippen LogP contribution in [-0.4, -0.2) is 31.8 Å². The largest absolute Gasteiger partial charge is 0.479 e. The minimum atomic E-state index is 0.361. The Morgan fingerprint density at radius 3 is 2.88 bits per heavy atom. The summed E-state index contributed by atoms with van der Waals surface area (Å²) in [7, 11) is 3.35. The van der Waals surface area contributed by atoms with E-state index in [-0.39, 0.29) is 0 Å². The molecule has 84 valence electrons. The number of hydrogen-bond donors (Lipinski definition) is 1. The van der Waals surface area contributed by atoms with E-state index in [0.29, 0.717) is 21.7 Å². The van der Waals surface area contributed by atoms with E-state index >= 15 is 0 Å². The third-order valence-corrected chi connectivity index (χ3v) is 2.93. The van der Waals surface area contributed by atoms with Gasteiger partial charge in [-0.1, -0.05) is 0 Å². The summed E-state index contributed by atoms with van der Waals surface area (Å²) in [5, 5.41) is 8.99. The first-order valence-corrected chi connectivity index (χ1v) is 5.20. The van der Waals surface area contributed by atoms with Crippen LogP contribution in [0.15, 0.2) is 22.8 Å². The van der Waals surface area contributed by atoms with Crippen LogP contribution in [0.1, 0.15) is 0 Å². The highest BCUT2D eigenvalue weighted by atomic mass is 32.2. The summed E-state index contributed by atoms with van der Waals surface area (Å²) < 4.78 is 6.78. The lowest BCUT2D eigenvalue weighted by Gasteiger charge is -2.06. The van der Waals surface area contributed by atoms with Gasteiger partial charge < -0.3 is 15.0 Å². The molecule has 0 aliphatic carbocycles. The summed E-state index contributed by atoms with van der Waals surface area (Å²) in [6.07, 6.45) is 3.00. The van der Waals surface area contributed by atoms with Crippen molar-refractivity contribution >= 4 is 17.4 Å². The Balaban J connectivity index is 2.32. The average Bonchev–Trinajstić information content (AvgIpc) is 2.68. The van der Waals surface area contributed by atoms with Gasteiger partial charge in [-0.15, -0.1) is 10.2 Å². The van der Waals surface area contributed by atoms with Crippen LogP contribution in [-0.2, 0) is 7.05 Å². The summed E-state index contributed by atoms with van der Waals surface area (Å²) in [5.41, 5.74) is 6.23. The molecular formula is C8H10N6OS. The van der Waals surface area contributed by atoms with Gasteiger partial charge in [-0.05, 0) is 11.8 Å². The third kappa shape index (κ3) is 1.91. The highest BCUT2D eigenvalue weighted by molar-refractivity contribution is 7.99. The number of aromatic nitrogens is 5. The predicted molar refractivity (Wildman–Crippen MR) is 58.1 cm³/mol. The van der Waals surface area contributed by atoms with Crippen LogP contribution in [0.25, 0.3) is 0 Å². The Hall–Kier alpha value is -1.83. The zero-order valence-electron chi connectivity index (χ0n) is 8.78. The number of anilines is 1. The van der Waals surface area contributed by atoms with E-state index in [1.165, 1.54) is 25.2 Å². The molecule has 0 fully saturated rings. The maximum Gasteiger partial charge on any atom is 0.241 e. The van der Waals surface area contributed by atoms with Crippen molar-refractivity contribution in [2.45, 2.75) is 10.2 Å². The van der Waals surface area contributed by atoms with Crippen molar-refractivity contribution in [3.05, 3.63) is 12.7 Å². The molecule has 0 unspecified atom stereocenters. The lowest BCUT2D eigenvalue weighted by Crippen LogP contribution is -2.00. The van der Waals surface area contributed by atoms with Gasteiger partial charge in [-0.25, -0.2) is 4.98 Å². The lowest BCUT2D eigenvalue weighted by molar-refractivity contribution is 0.397. The fraction of sp³-hybridized carbons (Fsp3) is 0.250. The van der Waals surface area contributed by atoms with Gasteiger partial charge in [0.25, 0.3) is 0 Å². The van der Waals surface area contributed by atoms with Crippen molar-refractivity contribution in [3.63, 3.8) is 0 Å². The van der Waals surface area contributed by atoms with E-state index < -0.39 is 0 Å². The van der Waals surface area contributed by atoms with Crippen LogP contribution in [0.2, 0.25) is 0 Å². The second-order valence-electron chi connectivity index (χ2n) is 2.93. The van der Waals surface area contributed by atoms with E-state index in [0.717, 1.165) is 0 Å². The molecule has 2 rings (SSSR count). The van der Waals surface area contributed by atoms with Gasteiger partial charge in [0.05, 0.1) is 7.11 Å². The fourth-order valence-corrected chi connectivity index (χ4v) is 1.81. The average molecular weight is 238 g/mol. The van der Waals surface area contributed by atoms with Crippen LogP contribution in [0.4, 0.5) is 5.69 Å². The molecular weight excluding hydrogens is 228 g/mol. The molecule has 2 aromatic rings. The Morgan fingerprint density at radius 1 is 1.44 bits per heavy atom. The molecule has 0 aromatic carbocycles. The standard InChI is InChI=1S/C8H10N6OS/c1-14-4-12-13-8(14)16-7-5(9)6(15-2)10-3-11-7/h3-4H,9H2,1-2H3. The number of methoxy groups -OCH3 is 1. The van der Waals surface area contributed by atoms with Crippen molar-refractivity contribution in [3.8, 4) is 5.88 Å². The topological polar surface area (TPSA) is 91.7 Å². The zero-order chi connectivity index (χ0) is 11.5. The zero-order valence-corrected chi connectivity index (χ0v) is 9.60. The second kappa shape index (κ2) is 4.35. The van der Waals surface area contributed by atoms with Gasteiger partial charge in [-0.3, -0.25) is 0 Å². The normalized spacial score (nSPS) is 10.4.